The van der Waals surface area contributed by atoms with Gasteiger partial charge in [-0.2, -0.15) is 0 Å². The number of nitrogens with one attached hydrogen (secondary N) is 1. The summed E-state index contributed by atoms with van der Waals surface area (Å²) in [5, 5.41) is 3.10. The number of carbonyl (C=O) groups is 3. The SMILES string of the molecule is CO[C@@H]1[C@@H](OC2OC(C)C(C)C(N(C)C)C2OP)[C@@H](C)C[C@@H](C)C(=O)C[C@@H]2N[C@@]3(N)C(=O)O[C@H](C[C@@H](C)OC(=O)C[C@H]1C)[C@H]23. The van der Waals surface area contributed by atoms with Crippen LogP contribution in [0.1, 0.15) is 67.2 Å². The number of cyclic esters (lactones) is 1. The molecule has 0 amide bonds. The molecule has 0 aliphatic carbocycles. The number of carbonyl (C=O) groups excluding carboxylic acids is 3. The highest BCUT2D eigenvalue weighted by molar-refractivity contribution is 7.09. The summed E-state index contributed by atoms with van der Waals surface area (Å²) in [4.78, 5) is 41.5. The summed E-state index contributed by atoms with van der Waals surface area (Å²) in [7, 11) is 8.01. The first-order valence-corrected chi connectivity index (χ1v) is 16.4. The summed E-state index contributed by atoms with van der Waals surface area (Å²) in [5.41, 5.74) is 5.04. The van der Waals surface area contributed by atoms with Crippen LogP contribution in [0.25, 0.3) is 0 Å². The zero-order valence-corrected chi connectivity index (χ0v) is 28.8. The summed E-state index contributed by atoms with van der Waals surface area (Å²) in [6.07, 6.45) is -2.19. The van der Waals surface area contributed by atoms with Gasteiger partial charge in [-0.15, -0.1) is 0 Å². The molecule has 6 unspecified atom stereocenters. The van der Waals surface area contributed by atoms with Crippen molar-refractivity contribution in [3.8, 4) is 0 Å². The van der Waals surface area contributed by atoms with Crippen LogP contribution in [0, 0.1) is 29.6 Å². The van der Waals surface area contributed by atoms with Gasteiger partial charge in [-0.3, -0.25) is 14.9 Å². The molecule has 0 bridgehead atoms. The standard InChI is InChI=1S/C31H54N3O9P/c1-14-10-15(2)27(42-29-28(43-44)25(34(7)8)18(5)19(6)40-29)26(38-9)16(3)11-23(36)39-17(4)12-22-24-20(13-21(14)35)33-31(24,32)30(37)41-22/h14-20,22,24-29,33H,10-13,32,44H2,1-9H3/t14-,15+,16-,17-,18?,19?,20+,22-,24+,25?,26+,27+,28?,29?,31-/m1/s1. The quantitative estimate of drug-likeness (QED) is 0.334. The van der Waals surface area contributed by atoms with E-state index in [1.807, 2.05) is 41.8 Å². The molecule has 12 nitrogen and oxygen atoms in total. The summed E-state index contributed by atoms with van der Waals surface area (Å²) >= 11 is 0. The van der Waals surface area contributed by atoms with Gasteiger partial charge in [-0.05, 0) is 46.2 Å². The van der Waals surface area contributed by atoms with E-state index in [1.54, 1.807) is 14.0 Å². The Balaban J connectivity index is 1.62. The Kier molecular flexibility index (Phi) is 11.5. The van der Waals surface area contributed by atoms with E-state index in [4.69, 9.17) is 33.9 Å². The van der Waals surface area contributed by atoms with Crippen molar-refractivity contribution >= 4 is 27.2 Å². The van der Waals surface area contributed by atoms with Crippen LogP contribution in [0.4, 0.5) is 0 Å². The number of ether oxygens (including phenoxy) is 5. The molecular weight excluding hydrogens is 589 g/mol. The summed E-state index contributed by atoms with van der Waals surface area (Å²) < 4.78 is 36.6. The van der Waals surface area contributed by atoms with Crippen molar-refractivity contribution in [2.24, 2.45) is 35.3 Å². The molecule has 0 aromatic rings. The number of nitrogens with zero attached hydrogens (tertiary/aromatic N) is 1. The fraction of sp³-hybridized carbons (Fsp3) is 0.903. The number of rotatable bonds is 5. The highest BCUT2D eigenvalue weighted by Gasteiger charge is 2.66. The van der Waals surface area contributed by atoms with Gasteiger partial charge in [-0.1, -0.05) is 27.7 Å². The molecule has 4 aliphatic heterocycles. The van der Waals surface area contributed by atoms with Crippen LogP contribution in [0.5, 0.6) is 0 Å². The lowest BCUT2D eigenvalue weighted by Crippen LogP contribution is -2.78. The maximum absolute atomic E-state index is 13.6. The number of nitrogens with two attached hydrogens (primary N) is 1. The Morgan fingerprint density at radius 3 is 2.25 bits per heavy atom. The first kappa shape index (κ1) is 35.6. The first-order chi connectivity index (χ1) is 20.6. The van der Waals surface area contributed by atoms with Gasteiger partial charge in [0.1, 0.15) is 24.1 Å². The number of hydrogen-bond acceptors (Lipinski definition) is 12. The molecular formula is C31H54N3O9P. The van der Waals surface area contributed by atoms with Gasteiger partial charge in [-0.25, -0.2) is 4.79 Å². The predicted octanol–water partition coefficient (Wildman–Crippen LogP) is 2.02. The second-order valence-electron chi connectivity index (χ2n) is 14.0. The van der Waals surface area contributed by atoms with Crippen LogP contribution in [0.3, 0.4) is 0 Å². The van der Waals surface area contributed by atoms with Gasteiger partial charge in [0, 0.05) is 53.3 Å². The molecule has 3 N–H and O–H groups in total. The van der Waals surface area contributed by atoms with Crippen LogP contribution < -0.4 is 11.1 Å². The van der Waals surface area contributed by atoms with Crippen LogP contribution in [-0.4, -0.2) is 104 Å². The fourth-order valence-corrected chi connectivity index (χ4v) is 8.25. The van der Waals surface area contributed by atoms with Crippen LogP contribution in [0.15, 0.2) is 0 Å². The topological polar surface area (TPSA) is 148 Å². The number of ketones is 1. The lowest BCUT2D eigenvalue weighted by Gasteiger charge is -2.49. The molecule has 4 rings (SSSR count). The molecule has 252 valence electrons. The fourth-order valence-electron chi connectivity index (χ4n) is 7.96. The van der Waals surface area contributed by atoms with Crippen molar-refractivity contribution in [3.63, 3.8) is 0 Å². The van der Waals surface area contributed by atoms with E-state index in [1.165, 1.54) is 0 Å². The van der Waals surface area contributed by atoms with Crippen molar-refractivity contribution in [1.82, 2.24) is 10.2 Å². The molecule has 0 saturated carbocycles. The van der Waals surface area contributed by atoms with Crippen LogP contribution in [-0.2, 0) is 42.6 Å². The number of esters is 2. The minimum absolute atomic E-state index is 0.0260. The van der Waals surface area contributed by atoms with Gasteiger partial charge < -0.3 is 38.8 Å². The van der Waals surface area contributed by atoms with Crippen molar-refractivity contribution in [2.45, 2.75) is 128 Å². The molecule has 4 aliphatic rings. The average Bonchev–Trinajstić information content (AvgIpc) is 3.10. The molecule has 4 saturated heterocycles. The Hall–Kier alpha value is -1.24. The second kappa shape index (κ2) is 14.3. The van der Waals surface area contributed by atoms with Gasteiger partial charge in [0.25, 0.3) is 0 Å². The van der Waals surface area contributed by atoms with Gasteiger partial charge >= 0.3 is 11.9 Å². The maximum Gasteiger partial charge on any atom is 0.341 e. The van der Waals surface area contributed by atoms with Crippen LogP contribution >= 0.6 is 9.47 Å². The third kappa shape index (κ3) is 7.03. The predicted molar refractivity (Wildman–Crippen MR) is 165 cm³/mol. The highest BCUT2D eigenvalue weighted by Crippen LogP contribution is 2.43. The van der Waals surface area contributed by atoms with E-state index in [9.17, 15) is 14.4 Å². The van der Waals surface area contributed by atoms with Crippen LogP contribution in [0.2, 0.25) is 0 Å². The first-order valence-electron chi connectivity index (χ1n) is 16.0. The number of methoxy groups -OCH3 is 1. The van der Waals surface area contributed by atoms with E-state index in [-0.39, 0.29) is 72.4 Å². The number of likely N-dealkylation sites (N-methyl/N-ethyl adjacent to an activating group) is 1. The Morgan fingerprint density at radius 2 is 1.64 bits per heavy atom. The lowest BCUT2D eigenvalue weighted by atomic mass is 9.71. The lowest BCUT2D eigenvalue weighted by molar-refractivity contribution is -0.292. The van der Waals surface area contributed by atoms with E-state index in [0.717, 1.165) is 0 Å². The summed E-state index contributed by atoms with van der Waals surface area (Å²) in [6, 6.07) is -0.281. The molecule has 44 heavy (non-hydrogen) atoms. The molecule has 16 atom stereocenters. The smallest absolute Gasteiger partial charge is 0.341 e. The van der Waals surface area contributed by atoms with E-state index in [0.29, 0.717) is 12.8 Å². The third-order valence-corrected chi connectivity index (χ3v) is 10.8. The number of Topliss-reactive ketones (excluding diaryl/α,β-unsaturated/α-hetero) is 1. The van der Waals surface area contributed by atoms with Crippen molar-refractivity contribution in [1.29, 1.82) is 0 Å². The Labute approximate surface area is 264 Å². The molecule has 13 heteroatoms. The maximum atomic E-state index is 13.6. The minimum atomic E-state index is -1.32. The normalized spacial score (nSPS) is 47.5. The monoisotopic (exact) mass is 643 g/mol. The minimum Gasteiger partial charge on any atom is -0.462 e. The van der Waals surface area contributed by atoms with Crippen molar-refractivity contribution in [2.75, 3.05) is 21.2 Å². The molecule has 0 aromatic heterocycles. The molecule has 4 heterocycles. The van der Waals surface area contributed by atoms with E-state index >= 15 is 0 Å². The highest BCUT2D eigenvalue weighted by atomic mass is 31.0. The zero-order valence-electron chi connectivity index (χ0n) is 27.7. The Bertz CT molecular complexity index is 1050. The number of hydrogen-bond donors (Lipinski definition) is 2. The second-order valence-corrected chi connectivity index (χ2v) is 14.3. The van der Waals surface area contributed by atoms with Gasteiger partial charge in [0.2, 0.25) is 0 Å². The largest absolute Gasteiger partial charge is 0.462 e. The van der Waals surface area contributed by atoms with Gasteiger partial charge in [0.15, 0.2) is 12.0 Å². The summed E-state index contributed by atoms with van der Waals surface area (Å²) in [5.74, 6) is -1.79. The molecule has 0 radical (unpaired) electrons. The van der Waals surface area contributed by atoms with Crippen molar-refractivity contribution < 1.29 is 42.6 Å². The van der Waals surface area contributed by atoms with E-state index < -0.39 is 48.4 Å². The van der Waals surface area contributed by atoms with Gasteiger partial charge in [0.05, 0.1) is 30.7 Å². The van der Waals surface area contributed by atoms with Crippen molar-refractivity contribution in [3.05, 3.63) is 0 Å². The molecule has 0 aromatic carbocycles. The summed E-state index contributed by atoms with van der Waals surface area (Å²) in [6.45, 7) is 11.8. The van der Waals surface area contributed by atoms with E-state index in [2.05, 4.69) is 26.6 Å². The molecule has 4 fully saturated rings. The average molecular weight is 644 g/mol. The third-order valence-electron chi connectivity index (χ3n) is 10.5. The zero-order chi connectivity index (χ0) is 32.7. The Morgan fingerprint density at radius 1 is 0.955 bits per heavy atom. The molecule has 0 spiro atoms.